The monoisotopic (exact) mass is 295 g/mol. The average molecular weight is 295 g/mol. The van der Waals surface area contributed by atoms with Crippen LogP contribution in [0.25, 0.3) is 0 Å². The van der Waals surface area contributed by atoms with Gasteiger partial charge in [0.05, 0.1) is 25.9 Å². The van der Waals surface area contributed by atoms with Crippen LogP contribution in [0.2, 0.25) is 0 Å². The van der Waals surface area contributed by atoms with Crippen LogP contribution in [0.5, 0.6) is 5.75 Å². The van der Waals surface area contributed by atoms with Crippen molar-refractivity contribution in [3.63, 3.8) is 0 Å². The van der Waals surface area contributed by atoms with Gasteiger partial charge in [-0.3, -0.25) is 0 Å². The molecule has 0 aliphatic heterocycles. The van der Waals surface area contributed by atoms with Crippen molar-refractivity contribution in [2.75, 3.05) is 13.7 Å². The molecule has 0 saturated heterocycles. The Morgan fingerprint density at radius 1 is 1.38 bits per heavy atom. The molecule has 0 amide bonds. The van der Waals surface area contributed by atoms with E-state index in [1.165, 1.54) is 32.4 Å². The Morgan fingerprint density at radius 3 is 2.86 bits per heavy atom. The molecule has 4 heteroatoms. The molecule has 0 aromatic heterocycles. The van der Waals surface area contributed by atoms with Crippen LogP contribution in [0, 0.1) is 11.7 Å². The number of hydrogen-bond donors (Lipinski definition) is 1. The first-order valence-electron chi connectivity index (χ1n) is 7.84. The van der Waals surface area contributed by atoms with Crippen LogP contribution in [0.1, 0.15) is 50.6 Å². The summed E-state index contributed by atoms with van der Waals surface area (Å²) >= 11 is 0. The predicted octanol–water partition coefficient (Wildman–Crippen LogP) is 3.82. The second-order valence-corrected chi connectivity index (χ2v) is 5.90. The first kappa shape index (κ1) is 16.2. The molecule has 1 fully saturated rings. The summed E-state index contributed by atoms with van der Waals surface area (Å²) in [4.78, 5) is 0. The molecule has 1 aromatic rings. The summed E-state index contributed by atoms with van der Waals surface area (Å²) in [5.41, 5.74) is 6.85. The maximum absolute atomic E-state index is 13.7. The fourth-order valence-electron chi connectivity index (χ4n) is 3.01. The minimum Gasteiger partial charge on any atom is -0.494 e. The number of rotatable bonds is 6. The molecule has 3 nitrogen and oxygen atoms in total. The van der Waals surface area contributed by atoms with Crippen LogP contribution in [-0.4, -0.2) is 19.8 Å². The highest BCUT2D eigenvalue weighted by atomic mass is 19.1. The quantitative estimate of drug-likeness (QED) is 0.867. The van der Waals surface area contributed by atoms with Gasteiger partial charge < -0.3 is 15.2 Å². The third-order valence-electron chi connectivity index (χ3n) is 4.43. The fourth-order valence-corrected chi connectivity index (χ4v) is 3.01. The summed E-state index contributed by atoms with van der Waals surface area (Å²) in [6, 6.07) is 4.54. The standard InChI is InChI=1S/C17H26FNO2/c1-3-12-5-4-6-14(9-12)21-11-16(19)13-7-8-17(20-2)15(18)10-13/h7-8,10,12,14,16H,3-6,9,11,19H2,1-2H3. The Hall–Kier alpha value is -1.13. The van der Waals surface area contributed by atoms with E-state index in [1.807, 2.05) is 0 Å². The summed E-state index contributed by atoms with van der Waals surface area (Å²) in [6.45, 7) is 2.67. The molecule has 1 saturated carbocycles. The van der Waals surface area contributed by atoms with Crippen LogP contribution in [0.15, 0.2) is 18.2 Å². The predicted molar refractivity (Wildman–Crippen MR) is 81.9 cm³/mol. The van der Waals surface area contributed by atoms with Crippen molar-refractivity contribution in [1.82, 2.24) is 0 Å². The lowest BCUT2D eigenvalue weighted by atomic mass is 9.85. The van der Waals surface area contributed by atoms with Gasteiger partial charge in [-0.25, -0.2) is 4.39 Å². The average Bonchev–Trinajstić information content (AvgIpc) is 2.52. The number of benzene rings is 1. The highest BCUT2D eigenvalue weighted by molar-refractivity contribution is 5.30. The molecule has 2 rings (SSSR count). The molecular formula is C17H26FNO2. The van der Waals surface area contributed by atoms with Crippen molar-refractivity contribution in [2.45, 2.75) is 51.2 Å². The smallest absolute Gasteiger partial charge is 0.165 e. The maximum atomic E-state index is 13.7. The van der Waals surface area contributed by atoms with Crippen LogP contribution < -0.4 is 10.5 Å². The Bertz CT molecular complexity index is 452. The third kappa shape index (κ3) is 4.42. The molecule has 2 N–H and O–H groups in total. The first-order chi connectivity index (χ1) is 10.1. The van der Waals surface area contributed by atoms with Gasteiger partial charge in [-0.1, -0.05) is 32.3 Å². The first-order valence-corrected chi connectivity index (χ1v) is 7.84. The van der Waals surface area contributed by atoms with Crippen LogP contribution >= 0.6 is 0 Å². The largest absolute Gasteiger partial charge is 0.494 e. The van der Waals surface area contributed by atoms with Crippen molar-refractivity contribution in [3.05, 3.63) is 29.6 Å². The van der Waals surface area contributed by atoms with E-state index < -0.39 is 0 Å². The molecule has 0 heterocycles. The van der Waals surface area contributed by atoms with Gasteiger partial charge in [0.15, 0.2) is 11.6 Å². The number of nitrogens with two attached hydrogens (primary N) is 1. The summed E-state index contributed by atoms with van der Waals surface area (Å²) in [5.74, 6) is 0.637. The van der Waals surface area contributed by atoms with Crippen molar-refractivity contribution in [1.29, 1.82) is 0 Å². The Morgan fingerprint density at radius 2 is 2.19 bits per heavy atom. The summed E-state index contributed by atoms with van der Waals surface area (Å²) < 4.78 is 24.5. The number of methoxy groups -OCH3 is 1. The highest BCUT2D eigenvalue weighted by Crippen LogP contribution is 2.29. The lowest BCUT2D eigenvalue weighted by Gasteiger charge is -2.29. The zero-order valence-electron chi connectivity index (χ0n) is 13.0. The normalized spacial score (nSPS) is 23.8. The lowest BCUT2D eigenvalue weighted by molar-refractivity contribution is 0.00558. The summed E-state index contributed by atoms with van der Waals surface area (Å²) in [7, 11) is 1.45. The molecule has 0 spiro atoms. The van der Waals surface area contributed by atoms with Gasteiger partial charge in [-0.2, -0.15) is 0 Å². The lowest BCUT2D eigenvalue weighted by Crippen LogP contribution is -2.27. The van der Waals surface area contributed by atoms with Crippen LogP contribution in [0.3, 0.4) is 0 Å². The van der Waals surface area contributed by atoms with E-state index in [1.54, 1.807) is 12.1 Å². The van der Waals surface area contributed by atoms with Gasteiger partial charge in [0, 0.05) is 0 Å². The van der Waals surface area contributed by atoms with Gasteiger partial charge >= 0.3 is 0 Å². The molecule has 118 valence electrons. The van der Waals surface area contributed by atoms with Crippen molar-refractivity contribution in [2.24, 2.45) is 11.7 Å². The highest BCUT2D eigenvalue weighted by Gasteiger charge is 2.22. The van der Waals surface area contributed by atoms with E-state index in [0.717, 1.165) is 24.3 Å². The van der Waals surface area contributed by atoms with Gasteiger partial charge in [0.25, 0.3) is 0 Å². The van der Waals surface area contributed by atoms with E-state index in [4.69, 9.17) is 15.2 Å². The topological polar surface area (TPSA) is 44.5 Å². The van der Waals surface area contributed by atoms with E-state index in [0.29, 0.717) is 12.7 Å². The summed E-state index contributed by atoms with van der Waals surface area (Å²) in [5, 5.41) is 0. The zero-order valence-corrected chi connectivity index (χ0v) is 13.0. The van der Waals surface area contributed by atoms with E-state index >= 15 is 0 Å². The molecule has 0 radical (unpaired) electrons. The van der Waals surface area contributed by atoms with E-state index in [2.05, 4.69) is 6.92 Å². The third-order valence-corrected chi connectivity index (χ3v) is 4.43. The minimum absolute atomic E-state index is 0.241. The Balaban J connectivity index is 1.86. The van der Waals surface area contributed by atoms with E-state index in [-0.39, 0.29) is 17.6 Å². The molecule has 3 unspecified atom stereocenters. The van der Waals surface area contributed by atoms with E-state index in [9.17, 15) is 4.39 Å². The van der Waals surface area contributed by atoms with Crippen LogP contribution in [0.4, 0.5) is 4.39 Å². The Labute approximate surface area is 126 Å². The maximum Gasteiger partial charge on any atom is 0.165 e. The molecular weight excluding hydrogens is 269 g/mol. The summed E-state index contributed by atoms with van der Waals surface area (Å²) in [6.07, 6.45) is 6.30. The molecule has 0 bridgehead atoms. The second-order valence-electron chi connectivity index (χ2n) is 5.90. The molecule has 3 atom stereocenters. The minimum atomic E-state index is -0.380. The van der Waals surface area contributed by atoms with Gasteiger partial charge in [0.2, 0.25) is 0 Å². The zero-order chi connectivity index (χ0) is 15.2. The molecule has 21 heavy (non-hydrogen) atoms. The Kier molecular flexibility index (Phi) is 6.00. The number of halogens is 1. The number of ether oxygens (including phenoxy) is 2. The fraction of sp³-hybridized carbons (Fsp3) is 0.647. The van der Waals surface area contributed by atoms with Gasteiger partial charge in [-0.15, -0.1) is 0 Å². The number of hydrogen-bond acceptors (Lipinski definition) is 3. The molecule has 1 aliphatic carbocycles. The SMILES string of the molecule is CCC1CCCC(OCC(N)c2ccc(OC)c(F)c2)C1. The van der Waals surface area contributed by atoms with Gasteiger partial charge in [0.1, 0.15) is 0 Å². The van der Waals surface area contributed by atoms with Crippen molar-refractivity contribution >= 4 is 0 Å². The second kappa shape index (κ2) is 7.76. The van der Waals surface area contributed by atoms with Crippen LogP contribution in [-0.2, 0) is 4.74 Å². The molecule has 1 aromatic carbocycles. The van der Waals surface area contributed by atoms with Crippen molar-refractivity contribution < 1.29 is 13.9 Å². The molecule has 1 aliphatic rings. The van der Waals surface area contributed by atoms with Gasteiger partial charge in [-0.05, 0) is 36.5 Å². The van der Waals surface area contributed by atoms with Crippen molar-refractivity contribution in [3.8, 4) is 5.75 Å².